The Balaban J connectivity index is 1.20. The summed E-state index contributed by atoms with van der Waals surface area (Å²) in [5.41, 5.74) is 1.35. The SMILES string of the molecule is O=C(CCc1nc(-c2ncn[nH]2)no1)NC[C@@H]1C[C@@H]1c1ccccc1. The van der Waals surface area contributed by atoms with Crippen LogP contribution in [0.3, 0.4) is 0 Å². The molecule has 0 unspecified atom stereocenters. The van der Waals surface area contributed by atoms with Gasteiger partial charge in [0.05, 0.1) is 0 Å². The van der Waals surface area contributed by atoms with E-state index in [9.17, 15) is 4.79 Å². The lowest BCUT2D eigenvalue weighted by molar-refractivity contribution is -0.121. The van der Waals surface area contributed by atoms with Gasteiger partial charge in [-0.05, 0) is 23.8 Å². The van der Waals surface area contributed by atoms with Crippen LogP contribution in [0.5, 0.6) is 0 Å². The minimum absolute atomic E-state index is 0.00173. The van der Waals surface area contributed by atoms with Crippen LogP contribution in [-0.2, 0) is 11.2 Å². The normalized spacial score (nSPS) is 18.9. The van der Waals surface area contributed by atoms with Gasteiger partial charge in [-0.1, -0.05) is 35.5 Å². The molecule has 0 aliphatic heterocycles. The van der Waals surface area contributed by atoms with E-state index >= 15 is 0 Å². The Morgan fingerprint density at radius 1 is 1.32 bits per heavy atom. The number of nitrogens with one attached hydrogen (secondary N) is 2. The molecule has 2 atom stereocenters. The number of amides is 1. The van der Waals surface area contributed by atoms with Crippen molar-refractivity contribution in [1.29, 1.82) is 0 Å². The van der Waals surface area contributed by atoms with Crippen LogP contribution in [0.25, 0.3) is 11.6 Å². The molecular formula is C17H18N6O2. The number of carbonyl (C=O) groups is 1. The van der Waals surface area contributed by atoms with Gasteiger partial charge in [-0.3, -0.25) is 9.89 Å². The zero-order chi connectivity index (χ0) is 17.1. The number of nitrogens with zero attached hydrogens (tertiary/aromatic N) is 4. The van der Waals surface area contributed by atoms with Crippen LogP contribution in [-0.4, -0.2) is 37.8 Å². The maximum Gasteiger partial charge on any atom is 0.239 e. The van der Waals surface area contributed by atoms with Crippen LogP contribution < -0.4 is 5.32 Å². The maximum absolute atomic E-state index is 12.0. The number of hydrogen-bond donors (Lipinski definition) is 2. The molecule has 0 saturated heterocycles. The summed E-state index contributed by atoms with van der Waals surface area (Å²) in [6, 6.07) is 10.4. The zero-order valence-corrected chi connectivity index (χ0v) is 13.6. The predicted octanol–water partition coefficient (Wildman–Crippen LogP) is 1.71. The topological polar surface area (TPSA) is 110 Å². The summed E-state index contributed by atoms with van der Waals surface area (Å²) in [6.07, 6.45) is 3.23. The average Bonchev–Trinajstić information content (AvgIpc) is 3.02. The Labute approximate surface area is 144 Å². The van der Waals surface area contributed by atoms with Crippen molar-refractivity contribution in [2.75, 3.05) is 6.54 Å². The number of H-pyrrole nitrogens is 1. The van der Waals surface area contributed by atoms with Crippen molar-refractivity contribution in [2.24, 2.45) is 5.92 Å². The zero-order valence-electron chi connectivity index (χ0n) is 13.6. The lowest BCUT2D eigenvalue weighted by atomic mass is 10.1. The second kappa shape index (κ2) is 6.84. The summed E-state index contributed by atoms with van der Waals surface area (Å²) in [6.45, 7) is 0.714. The fourth-order valence-electron chi connectivity index (χ4n) is 2.90. The van der Waals surface area contributed by atoms with Crippen molar-refractivity contribution >= 4 is 5.91 Å². The van der Waals surface area contributed by atoms with E-state index in [4.69, 9.17) is 4.52 Å². The minimum atomic E-state index is -0.00173. The van der Waals surface area contributed by atoms with Crippen LogP contribution >= 0.6 is 0 Å². The first-order chi connectivity index (χ1) is 12.3. The number of aromatic nitrogens is 5. The lowest BCUT2D eigenvalue weighted by Crippen LogP contribution is -2.26. The molecule has 4 rings (SSSR count). The van der Waals surface area contributed by atoms with E-state index in [-0.39, 0.29) is 5.91 Å². The highest BCUT2D eigenvalue weighted by molar-refractivity contribution is 5.76. The molecule has 1 amide bonds. The summed E-state index contributed by atoms with van der Waals surface area (Å²) in [5, 5.41) is 13.2. The van der Waals surface area contributed by atoms with Crippen molar-refractivity contribution in [2.45, 2.75) is 25.2 Å². The van der Waals surface area contributed by atoms with Gasteiger partial charge in [0, 0.05) is 19.4 Å². The number of rotatable bonds is 7. The van der Waals surface area contributed by atoms with E-state index in [1.807, 2.05) is 6.07 Å². The highest BCUT2D eigenvalue weighted by Crippen LogP contribution is 2.46. The number of aromatic amines is 1. The fourth-order valence-corrected chi connectivity index (χ4v) is 2.90. The van der Waals surface area contributed by atoms with Crippen molar-refractivity contribution in [3.8, 4) is 11.6 Å². The third-order valence-corrected chi connectivity index (χ3v) is 4.37. The number of carbonyl (C=O) groups excluding carboxylic acids is 1. The van der Waals surface area contributed by atoms with E-state index in [2.05, 4.69) is 54.9 Å². The molecule has 1 aromatic carbocycles. The van der Waals surface area contributed by atoms with Crippen molar-refractivity contribution in [3.63, 3.8) is 0 Å². The first kappa shape index (κ1) is 15.5. The van der Waals surface area contributed by atoms with E-state index < -0.39 is 0 Å². The summed E-state index contributed by atoms with van der Waals surface area (Å²) in [7, 11) is 0. The summed E-state index contributed by atoms with van der Waals surface area (Å²) < 4.78 is 5.12. The third kappa shape index (κ3) is 3.73. The molecule has 1 aliphatic rings. The maximum atomic E-state index is 12.0. The van der Waals surface area contributed by atoms with Crippen LogP contribution in [0, 0.1) is 5.92 Å². The van der Waals surface area contributed by atoms with Crippen molar-refractivity contribution in [1.82, 2.24) is 30.6 Å². The van der Waals surface area contributed by atoms with E-state index in [1.165, 1.54) is 11.9 Å². The van der Waals surface area contributed by atoms with Gasteiger partial charge < -0.3 is 9.84 Å². The summed E-state index contributed by atoms with van der Waals surface area (Å²) >= 11 is 0. The summed E-state index contributed by atoms with van der Waals surface area (Å²) in [5.74, 6) is 2.31. The molecule has 3 aromatic rings. The number of aryl methyl sites for hydroxylation is 1. The number of hydrogen-bond acceptors (Lipinski definition) is 6. The molecule has 25 heavy (non-hydrogen) atoms. The molecule has 2 heterocycles. The third-order valence-electron chi connectivity index (χ3n) is 4.37. The second-order valence-electron chi connectivity index (χ2n) is 6.16. The first-order valence-corrected chi connectivity index (χ1v) is 8.29. The lowest BCUT2D eigenvalue weighted by Gasteiger charge is -2.04. The predicted molar refractivity (Wildman–Crippen MR) is 88.3 cm³/mol. The molecule has 0 radical (unpaired) electrons. The highest BCUT2D eigenvalue weighted by atomic mass is 16.5. The standard InChI is InChI=1S/C17H18N6O2/c24-14(18-9-12-8-13(12)11-4-2-1-3-5-11)6-7-15-21-17(23-25-15)16-19-10-20-22-16/h1-5,10,12-13H,6-9H2,(H,18,24)(H,19,20,22)/t12-,13+/m0/s1. The molecule has 0 bridgehead atoms. The molecule has 8 nitrogen and oxygen atoms in total. The second-order valence-corrected chi connectivity index (χ2v) is 6.16. The van der Waals surface area contributed by atoms with Gasteiger partial charge in [0.15, 0.2) is 5.82 Å². The molecule has 1 fully saturated rings. The Kier molecular flexibility index (Phi) is 4.24. The first-order valence-electron chi connectivity index (χ1n) is 8.29. The quantitative estimate of drug-likeness (QED) is 0.678. The average molecular weight is 338 g/mol. The van der Waals surface area contributed by atoms with Crippen molar-refractivity contribution in [3.05, 3.63) is 48.1 Å². The van der Waals surface area contributed by atoms with Gasteiger partial charge in [0.25, 0.3) is 0 Å². The Morgan fingerprint density at radius 3 is 3.00 bits per heavy atom. The Hall–Kier alpha value is -3.03. The van der Waals surface area contributed by atoms with E-state index in [0.29, 0.717) is 48.8 Å². The van der Waals surface area contributed by atoms with Gasteiger partial charge >= 0.3 is 0 Å². The van der Waals surface area contributed by atoms with Gasteiger partial charge in [0.2, 0.25) is 17.6 Å². The largest absolute Gasteiger partial charge is 0.356 e. The Bertz CT molecular complexity index is 830. The van der Waals surface area contributed by atoms with Crippen LogP contribution in [0.2, 0.25) is 0 Å². The molecular weight excluding hydrogens is 320 g/mol. The van der Waals surface area contributed by atoms with Gasteiger partial charge in [-0.2, -0.15) is 10.1 Å². The number of benzene rings is 1. The molecule has 0 spiro atoms. The van der Waals surface area contributed by atoms with Gasteiger partial charge in [-0.15, -0.1) is 0 Å². The molecule has 8 heteroatoms. The van der Waals surface area contributed by atoms with E-state index in [1.54, 1.807) is 0 Å². The molecule has 128 valence electrons. The van der Waals surface area contributed by atoms with E-state index in [0.717, 1.165) is 6.42 Å². The van der Waals surface area contributed by atoms with Crippen LogP contribution in [0.15, 0.2) is 41.2 Å². The molecule has 1 aliphatic carbocycles. The Morgan fingerprint density at radius 2 is 2.20 bits per heavy atom. The van der Waals surface area contributed by atoms with Gasteiger partial charge in [0.1, 0.15) is 6.33 Å². The fraction of sp³-hybridized carbons (Fsp3) is 0.353. The molecule has 1 saturated carbocycles. The minimum Gasteiger partial charge on any atom is -0.356 e. The van der Waals surface area contributed by atoms with Crippen molar-refractivity contribution < 1.29 is 9.32 Å². The van der Waals surface area contributed by atoms with Gasteiger partial charge in [-0.25, -0.2) is 4.98 Å². The molecule has 2 N–H and O–H groups in total. The monoisotopic (exact) mass is 338 g/mol. The van der Waals surface area contributed by atoms with Crippen LogP contribution in [0.1, 0.15) is 30.2 Å². The summed E-state index contributed by atoms with van der Waals surface area (Å²) in [4.78, 5) is 20.1. The highest BCUT2D eigenvalue weighted by Gasteiger charge is 2.37. The van der Waals surface area contributed by atoms with Crippen LogP contribution in [0.4, 0.5) is 0 Å². The molecule has 2 aromatic heterocycles. The smallest absolute Gasteiger partial charge is 0.239 e.